The minimum absolute atomic E-state index is 0.0228. The average molecular weight is 381 g/mol. The Balaban J connectivity index is 1.73. The summed E-state index contributed by atoms with van der Waals surface area (Å²) in [6.45, 7) is 4.62. The van der Waals surface area contributed by atoms with E-state index in [0.29, 0.717) is 30.1 Å². The van der Waals surface area contributed by atoms with Gasteiger partial charge in [-0.25, -0.2) is 0 Å². The third-order valence-corrected chi connectivity index (χ3v) is 3.97. The van der Waals surface area contributed by atoms with Gasteiger partial charge in [-0.1, -0.05) is 44.2 Å². The van der Waals surface area contributed by atoms with Gasteiger partial charge in [0.15, 0.2) is 0 Å². The quantitative estimate of drug-likeness (QED) is 0.624. The molecule has 0 spiro atoms. The maximum absolute atomic E-state index is 12.0. The van der Waals surface area contributed by atoms with Crippen LogP contribution in [0.2, 0.25) is 0 Å². The summed E-state index contributed by atoms with van der Waals surface area (Å²) in [4.78, 5) is 35.8. The van der Waals surface area contributed by atoms with Crippen molar-refractivity contribution in [1.82, 2.24) is 10.6 Å². The van der Waals surface area contributed by atoms with Crippen LogP contribution in [0.5, 0.6) is 0 Å². The fourth-order valence-electron chi connectivity index (χ4n) is 2.61. The van der Waals surface area contributed by atoms with E-state index in [4.69, 9.17) is 0 Å². The van der Waals surface area contributed by atoms with Crippen molar-refractivity contribution in [3.05, 3.63) is 65.7 Å². The second-order valence-corrected chi connectivity index (χ2v) is 7.00. The first-order valence-electron chi connectivity index (χ1n) is 9.43. The van der Waals surface area contributed by atoms with Crippen molar-refractivity contribution in [3.63, 3.8) is 0 Å². The molecule has 0 heterocycles. The number of benzene rings is 2. The molecule has 3 N–H and O–H groups in total. The van der Waals surface area contributed by atoms with Crippen molar-refractivity contribution >= 4 is 23.4 Å². The zero-order chi connectivity index (χ0) is 20.4. The number of carbonyl (C=O) groups is 3. The zero-order valence-electron chi connectivity index (χ0n) is 16.3. The van der Waals surface area contributed by atoms with Gasteiger partial charge in [-0.05, 0) is 35.7 Å². The average Bonchev–Trinajstić information content (AvgIpc) is 2.66. The Labute approximate surface area is 165 Å². The monoisotopic (exact) mass is 381 g/mol. The number of anilines is 1. The molecule has 2 aromatic rings. The van der Waals surface area contributed by atoms with Crippen molar-refractivity contribution in [3.8, 4) is 0 Å². The molecule has 0 radical (unpaired) electrons. The molecule has 0 atom stereocenters. The van der Waals surface area contributed by atoms with Gasteiger partial charge in [-0.15, -0.1) is 0 Å². The highest BCUT2D eigenvalue weighted by Crippen LogP contribution is 2.12. The van der Waals surface area contributed by atoms with E-state index in [1.165, 1.54) is 0 Å². The second kappa shape index (κ2) is 10.9. The summed E-state index contributed by atoms with van der Waals surface area (Å²) in [6.07, 6.45) is 0.666. The van der Waals surface area contributed by atoms with Crippen LogP contribution in [0.15, 0.2) is 54.6 Å². The molecule has 0 aliphatic rings. The fraction of sp³-hybridized carbons (Fsp3) is 0.318. The van der Waals surface area contributed by atoms with E-state index in [1.807, 2.05) is 44.2 Å². The summed E-state index contributed by atoms with van der Waals surface area (Å²) in [6, 6.07) is 16.3. The van der Waals surface area contributed by atoms with Gasteiger partial charge in [0.1, 0.15) is 0 Å². The predicted molar refractivity (Wildman–Crippen MR) is 110 cm³/mol. The zero-order valence-corrected chi connectivity index (χ0v) is 16.3. The lowest BCUT2D eigenvalue weighted by molar-refractivity contribution is -0.121. The molecule has 148 valence electrons. The maximum Gasteiger partial charge on any atom is 0.251 e. The highest BCUT2D eigenvalue weighted by atomic mass is 16.2. The highest BCUT2D eigenvalue weighted by Gasteiger charge is 2.08. The van der Waals surface area contributed by atoms with E-state index < -0.39 is 0 Å². The lowest BCUT2D eigenvalue weighted by Gasteiger charge is -2.10. The van der Waals surface area contributed by atoms with Gasteiger partial charge in [0.2, 0.25) is 11.8 Å². The molecule has 2 rings (SSSR count). The molecule has 0 aromatic heterocycles. The first kappa shape index (κ1) is 21.2. The van der Waals surface area contributed by atoms with Crippen LogP contribution in [0.25, 0.3) is 0 Å². The summed E-state index contributed by atoms with van der Waals surface area (Å²) < 4.78 is 0. The molecule has 3 amide bonds. The lowest BCUT2D eigenvalue weighted by atomic mass is 10.1. The van der Waals surface area contributed by atoms with Crippen LogP contribution in [-0.2, 0) is 16.1 Å². The summed E-state index contributed by atoms with van der Waals surface area (Å²) in [5.74, 6) is -0.0731. The van der Waals surface area contributed by atoms with Crippen molar-refractivity contribution < 1.29 is 14.4 Å². The first-order chi connectivity index (χ1) is 13.4. The number of carbonyl (C=O) groups excluding carboxylic acids is 3. The van der Waals surface area contributed by atoms with Gasteiger partial charge >= 0.3 is 0 Å². The largest absolute Gasteiger partial charge is 0.352 e. The number of hydrogen-bond donors (Lipinski definition) is 3. The second-order valence-electron chi connectivity index (χ2n) is 7.00. The molecule has 0 saturated heterocycles. The van der Waals surface area contributed by atoms with Crippen LogP contribution in [-0.4, -0.2) is 24.3 Å². The Hall–Kier alpha value is -3.15. The van der Waals surface area contributed by atoms with Gasteiger partial charge in [0.05, 0.1) is 0 Å². The standard InChI is InChI=1S/C22H27N3O3/c1-16(2)13-21(27)25-19-10-6-7-17(14-19)15-24-20(26)11-12-23-22(28)18-8-4-3-5-9-18/h3-10,14,16H,11-13,15H2,1-2H3,(H,23,28)(H,24,26)(H,25,27). The molecule has 0 saturated carbocycles. The van der Waals surface area contributed by atoms with Gasteiger partial charge in [-0.2, -0.15) is 0 Å². The number of amides is 3. The Kier molecular flexibility index (Phi) is 8.21. The van der Waals surface area contributed by atoms with Crippen LogP contribution in [0.1, 0.15) is 42.6 Å². The molecule has 0 bridgehead atoms. The van der Waals surface area contributed by atoms with E-state index in [0.717, 1.165) is 5.56 Å². The topological polar surface area (TPSA) is 87.3 Å². The smallest absolute Gasteiger partial charge is 0.251 e. The van der Waals surface area contributed by atoms with Crippen LogP contribution in [0.4, 0.5) is 5.69 Å². The van der Waals surface area contributed by atoms with Crippen molar-refractivity contribution in [2.75, 3.05) is 11.9 Å². The Morgan fingerprint density at radius 1 is 0.893 bits per heavy atom. The van der Waals surface area contributed by atoms with Crippen LogP contribution in [0, 0.1) is 5.92 Å². The molecular weight excluding hydrogens is 354 g/mol. The lowest BCUT2D eigenvalue weighted by Crippen LogP contribution is -2.30. The molecule has 6 nitrogen and oxygen atoms in total. The van der Waals surface area contributed by atoms with E-state index >= 15 is 0 Å². The molecule has 0 unspecified atom stereocenters. The number of hydrogen-bond acceptors (Lipinski definition) is 3. The van der Waals surface area contributed by atoms with Gasteiger partial charge in [0, 0.05) is 37.2 Å². The molecule has 0 fully saturated rings. The van der Waals surface area contributed by atoms with Crippen molar-refractivity contribution in [2.24, 2.45) is 5.92 Å². The number of nitrogens with one attached hydrogen (secondary N) is 3. The Morgan fingerprint density at radius 3 is 2.36 bits per heavy atom. The van der Waals surface area contributed by atoms with Crippen LogP contribution >= 0.6 is 0 Å². The highest BCUT2D eigenvalue weighted by molar-refractivity contribution is 5.94. The van der Waals surface area contributed by atoms with Gasteiger partial charge in [-0.3, -0.25) is 14.4 Å². The van der Waals surface area contributed by atoms with Crippen molar-refractivity contribution in [2.45, 2.75) is 33.2 Å². The van der Waals surface area contributed by atoms with Crippen LogP contribution in [0.3, 0.4) is 0 Å². The summed E-state index contributed by atoms with van der Waals surface area (Å²) in [7, 11) is 0. The Bertz CT molecular complexity index is 804. The molecular formula is C22H27N3O3. The van der Waals surface area contributed by atoms with E-state index in [2.05, 4.69) is 16.0 Å². The van der Waals surface area contributed by atoms with Gasteiger partial charge in [0.25, 0.3) is 5.91 Å². The predicted octanol–water partition coefficient (Wildman–Crippen LogP) is 3.11. The number of rotatable bonds is 9. The van der Waals surface area contributed by atoms with E-state index in [1.54, 1.807) is 24.3 Å². The Morgan fingerprint density at radius 2 is 1.64 bits per heavy atom. The molecule has 28 heavy (non-hydrogen) atoms. The normalized spacial score (nSPS) is 10.4. The summed E-state index contributed by atoms with van der Waals surface area (Å²) in [5.41, 5.74) is 2.18. The first-order valence-corrected chi connectivity index (χ1v) is 9.43. The minimum atomic E-state index is -0.196. The third-order valence-electron chi connectivity index (χ3n) is 3.97. The van der Waals surface area contributed by atoms with E-state index in [9.17, 15) is 14.4 Å². The third kappa shape index (κ3) is 7.61. The summed E-state index contributed by atoms with van der Waals surface area (Å²) in [5, 5.41) is 8.41. The van der Waals surface area contributed by atoms with Crippen molar-refractivity contribution in [1.29, 1.82) is 0 Å². The summed E-state index contributed by atoms with van der Waals surface area (Å²) >= 11 is 0. The molecule has 0 aliphatic heterocycles. The molecule has 2 aromatic carbocycles. The SMILES string of the molecule is CC(C)CC(=O)Nc1cccc(CNC(=O)CCNC(=O)c2ccccc2)c1. The fourth-order valence-corrected chi connectivity index (χ4v) is 2.61. The minimum Gasteiger partial charge on any atom is -0.352 e. The molecule has 0 aliphatic carbocycles. The van der Waals surface area contributed by atoms with Gasteiger partial charge < -0.3 is 16.0 Å². The van der Waals surface area contributed by atoms with E-state index in [-0.39, 0.29) is 30.7 Å². The maximum atomic E-state index is 12.0. The molecule has 6 heteroatoms. The van der Waals surface area contributed by atoms with Crippen LogP contribution < -0.4 is 16.0 Å².